The fraction of sp³-hybridized carbons (Fsp3) is 0.250. The van der Waals surface area contributed by atoms with Crippen LogP contribution >= 0.6 is 11.6 Å². The molecular weight excluding hydrogens is 226 g/mol. The van der Waals surface area contributed by atoms with Crippen molar-refractivity contribution in [3.8, 4) is 5.75 Å². The second-order valence-corrected chi connectivity index (χ2v) is 4.06. The van der Waals surface area contributed by atoms with E-state index < -0.39 is 0 Å². The number of aromatic hydroxyl groups is 1. The minimum Gasteiger partial charge on any atom is -0.506 e. The van der Waals surface area contributed by atoms with Crippen LogP contribution in [0.15, 0.2) is 29.8 Å². The zero-order chi connectivity index (χ0) is 12.1. The van der Waals surface area contributed by atoms with Crippen molar-refractivity contribution in [2.24, 2.45) is 0 Å². The van der Waals surface area contributed by atoms with Gasteiger partial charge < -0.3 is 10.4 Å². The van der Waals surface area contributed by atoms with E-state index >= 15 is 0 Å². The number of nitrogens with one attached hydrogen (secondary N) is 1. The lowest BCUT2D eigenvalue weighted by Gasteiger charge is -2.04. The summed E-state index contributed by atoms with van der Waals surface area (Å²) < 4.78 is 0. The van der Waals surface area contributed by atoms with Crippen molar-refractivity contribution in [1.82, 2.24) is 5.32 Å². The Morgan fingerprint density at radius 3 is 2.75 bits per heavy atom. The summed E-state index contributed by atoms with van der Waals surface area (Å²) in [6.07, 6.45) is 1.92. The Morgan fingerprint density at radius 1 is 1.50 bits per heavy atom. The van der Waals surface area contributed by atoms with Crippen molar-refractivity contribution < 1.29 is 9.90 Å². The van der Waals surface area contributed by atoms with Crippen LogP contribution in [0.3, 0.4) is 0 Å². The molecule has 1 aromatic carbocycles. The molecule has 0 unspecified atom stereocenters. The normalized spacial score (nSPS) is 9.69. The summed E-state index contributed by atoms with van der Waals surface area (Å²) in [6.45, 7) is 4.41. The summed E-state index contributed by atoms with van der Waals surface area (Å²) in [6, 6.07) is 4.37. The van der Waals surface area contributed by atoms with Crippen LogP contribution < -0.4 is 5.32 Å². The number of benzene rings is 1. The van der Waals surface area contributed by atoms with Crippen molar-refractivity contribution in [2.45, 2.75) is 13.8 Å². The van der Waals surface area contributed by atoms with Gasteiger partial charge in [0, 0.05) is 12.1 Å². The first kappa shape index (κ1) is 12.6. The zero-order valence-corrected chi connectivity index (χ0v) is 10.0. The fourth-order valence-corrected chi connectivity index (χ4v) is 1.28. The first-order valence-corrected chi connectivity index (χ1v) is 5.28. The van der Waals surface area contributed by atoms with Crippen LogP contribution in [0, 0.1) is 0 Å². The van der Waals surface area contributed by atoms with E-state index in [1.807, 2.05) is 19.9 Å². The number of hydrogen-bond donors (Lipinski definition) is 2. The highest BCUT2D eigenvalue weighted by atomic mass is 35.5. The van der Waals surface area contributed by atoms with Crippen LogP contribution in [0.4, 0.5) is 0 Å². The number of amides is 1. The van der Waals surface area contributed by atoms with Crippen LogP contribution in [0.1, 0.15) is 24.2 Å². The van der Waals surface area contributed by atoms with E-state index in [-0.39, 0.29) is 16.7 Å². The molecule has 2 N–H and O–H groups in total. The minimum absolute atomic E-state index is 0.0254. The zero-order valence-electron chi connectivity index (χ0n) is 9.25. The highest BCUT2D eigenvalue weighted by molar-refractivity contribution is 6.32. The summed E-state index contributed by atoms with van der Waals surface area (Å²) in [4.78, 5) is 11.6. The molecule has 0 aliphatic carbocycles. The van der Waals surface area contributed by atoms with Gasteiger partial charge in [-0.25, -0.2) is 0 Å². The van der Waals surface area contributed by atoms with Crippen LogP contribution in [0.5, 0.6) is 5.75 Å². The first-order chi connectivity index (χ1) is 7.50. The lowest BCUT2D eigenvalue weighted by Crippen LogP contribution is -2.23. The summed E-state index contributed by atoms with van der Waals surface area (Å²) in [5, 5.41) is 12.1. The van der Waals surface area contributed by atoms with E-state index in [0.29, 0.717) is 12.1 Å². The number of phenolic OH excluding ortho intramolecular Hbond substituents is 1. The lowest BCUT2D eigenvalue weighted by molar-refractivity contribution is 0.0958. The number of halogens is 1. The Labute approximate surface area is 99.7 Å². The highest BCUT2D eigenvalue weighted by Gasteiger charge is 2.06. The molecule has 0 saturated carbocycles. The van der Waals surface area contributed by atoms with Gasteiger partial charge in [0.1, 0.15) is 5.75 Å². The minimum atomic E-state index is -0.209. The van der Waals surface area contributed by atoms with E-state index in [2.05, 4.69) is 5.32 Å². The average molecular weight is 240 g/mol. The Balaban J connectivity index is 2.66. The molecule has 1 aromatic rings. The largest absolute Gasteiger partial charge is 0.506 e. The quantitative estimate of drug-likeness (QED) is 0.797. The molecular formula is C12H14ClNO2. The lowest BCUT2D eigenvalue weighted by atomic mass is 10.2. The first-order valence-electron chi connectivity index (χ1n) is 4.91. The number of hydrogen-bond acceptors (Lipinski definition) is 2. The number of rotatable bonds is 3. The molecule has 1 amide bonds. The SMILES string of the molecule is CC(C)=CCNC(=O)c1ccc(O)c(Cl)c1. The summed E-state index contributed by atoms with van der Waals surface area (Å²) in [7, 11) is 0. The van der Waals surface area contributed by atoms with Crippen LogP contribution in [0.2, 0.25) is 5.02 Å². The van der Waals surface area contributed by atoms with Gasteiger partial charge in [-0.3, -0.25) is 4.79 Å². The van der Waals surface area contributed by atoms with Gasteiger partial charge in [0.2, 0.25) is 0 Å². The van der Waals surface area contributed by atoms with Gasteiger partial charge >= 0.3 is 0 Å². The molecule has 0 aliphatic rings. The van der Waals surface area contributed by atoms with Gasteiger partial charge in [-0.05, 0) is 32.0 Å². The molecule has 0 spiro atoms. The maximum atomic E-state index is 11.6. The maximum Gasteiger partial charge on any atom is 0.251 e. The predicted octanol–water partition coefficient (Wildman–Crippen LogP) is 2.74. The van der Waals surface area contributed by atoms with E-state index in [1.165, 1.54) is 18.2 Å². The Bertz CT molecular complexity index is 423. The second-order valence-electron chi connectivity index (χ2n) is 3.66. The third-order valence-corrected chi connectivity index (χ3v) is 2.29. The van der Waals surface area contributed by atoms with Crippen LogP contribution in [-0.2, 0) is 0 Å². The van der Waals surface area contributed by atoms with E-state index in [0.717, 1.165) is 5.57 Å². The van der Waals surface area contributed by atoms with Crippen molar-refractivity contribution in [1.29, 1.82) is 0 Å². The molecule has 0 bridgehead atoms. The topological polar surface area (TPSA) is 49.3 Å². The monoisotopic (exact) mass is 239 g/mol. The maximum absolute atomic E-state index is 11.6. The number of carbonyl (C=O) groups is 1. The van der Waals surface area contributed by atoms with Crippen LogP contribution in [0.25, 0.3) is 0 Å². The van der Waals surface area contributed by atoms with Crippen LogP contribution in [-0.4, -0.2) is 17.6 Å². The Kier molecular flexibility index (Phi) is 4.38. The average Bonchev–Trinajstić information content (AvgIpc) is 2.21. The van der Waals surface area contributed by atoms with Gasteiger partial charge in [0.05, 0.1) is 5.02 Å². The molecule has 1 rings (SSSR count). The molecule has 0 fully saturated rings. The van der Waals surface area contributed by atoms with Crippen molar-refractivity contribution in [2.75, 3.05) is 6.54 Å². The molecule has 0 aliphatic heterocycles. The summed E-state index contributed by atoms with van der Waals surface area (Å²) in [5.74, 6) is -0.234. The number of allylic oxidation sites excluding steroid dienone is 1. The number of carbonyl (C=O) groups excluding carboxylic acids is 1. The Morgan fingerprint density at radius 2 is 2.19 bits per heavy atom. The molecule has 4 heteroatoms. The van der Waals surface area contributed by atoms with Crippen molar-refractivity contribution >= 4 is 17.5 Å². The molecule has 0 aromatic heterocycles. The van der Waals surface area contributed by atoms with E-state index in [9.17, 15) is 9.90 Å². The molecule has 0 atom stereocenters. The molecule has 86 valence electrons. The van der Waals surface area contributed by atoms with Gasteiger partial charge in [-0.15, -0.1) is 0 Å². The molecule has 0 radical (unpaired) electrons. The standard InChI is InChI=1S/C12H14ClNO2/c1-8(2)5-6-14-12(16)9-3-4-11(15)10(13)7-9/h3-5,7,15H,6H2,1-2H3,(H,14,16). The predicted molar refractivity (Wildman–Crippen MR) is 64.9 cm³/mol. The molecule has 0 saturated heterocycles. The van der Waals surface area contributed by atoms with E-state index in [4.69, 9.17) is 11.6 Å². The third kappa shape index (κ3) is 3.59. The third-order valence-electron chi connectivity index (χ3n) is 1.98. The van der Waals surface area contributed by atoms with Gasteiger partial charge in [-0.1, -0.05) is 23.3 Å². The molecule has 16 heavy (non-hydrogen) atoms. The van der Waals surface area contributed by atoms with Gasteiger partial charge in [0.15, 0.2) is 0 Å². The summed E-state index contributed by atoms with van der Waals surface area (Å²) >= 11 is 5.70. The van der Waals surface area contributed by atoms with Gasteiger partial charge in [-0.2, -0.15) is 0 Å². The van der Waals surface area contributed by atoms with E-state index in [1.54, 1.807) is 0 Å². The van der Waals surface area contributed by atoms with Crippen molar-refractivity contribution in [3.63, 3.8) is 0 Å². The Hall–Kier alpha value is -1.48. The smallest absolute Gasteiger partial charge is 0.251 e. The molecule has 3 nitrogen and oxygen atoms in total. The highest BCUT2D eigenvalue weighted by Crippen LogP contribution is 2.23. The number of phenols is 1. The molecule has 0 heterocycles. The second kappa shape index (κ2) is 5.56. The van der Waals surface area contributed by atoms with Gasteiger partial charge in [0.25, 0.3) is 5.91 Å². The van der Waals surface area contributed by atoms with Crippen molar-refractivity contribution in [3.05, 3.63) is 40.4 Å². The fourth-order valence-electron chi connectivity index (χ4n) is 1.10. The summed E-state index contributed by atoms with van der Waals surface area (Å²) in [5.41, 5.74) is 1.58.